The van der Waals surface area contributed by atoms with Gasteiger partial charge in [-0.3, -0.25) is 0 Å². The lowest BCUT2D eigenvalue weighted by Gasteiger charge is -2.61. The van der Waals surface area contributed by atoms with Crippen LogP contribution in [0.4, 0.5) is 0 Å². The Labute approximate surface area is 137 Å². The van der Waals surface area contributed by atoms with Gasteiger partial charge in [0.15, 0.2) is 0 Å². The van der Waals surface area contributed by atoms with Gasteiger partial charge in [0.1, 0.15) is 0 Å². The number of fused-ring (bicyclic) bond motifs is 3. The van der Waals surface area contributed by atoms with Crippen LogP contribution in [0.25, 0.3) is 0 Å². The molecule has 0 heterocycles. The van der Waals surface area contributed by atoms with Crippen molar-refractivity contribution >= 4 is 8.53 Å². The van der Waals surface area contributed by atoms with Crippen LogP contribution in [0.3, 0.4) is 0 Å². The standard InChI is InChI=1S/C18H34NO2P/c1-4-14-12(2)8-9-15-17(14)16(19-22(20)21)11-13-7-5-6-10-18(13,15)3/h12-17,19-21H,4-11H2,1-3H3/t12?,13?,14?,15?,16?,17-,18-/m0/s1. The number of hydrogen-bond donors (Lipinski definition) is 3. The second kappa shape index (κ2) is 6.67. The molecule has 0 saturated heterocycles. The summed E-state index contributed by atoms with van der Waals surface area (Å²) < 4.78 is 0. The molecule has 0 aromatic rings. The van der Waals surface area contributed by atoms with Crippen molar-refractivity contribution in [2.24, 2.45) is 35.0 Å². The van der Waals surface area contributed by atoms with Gasteiger partial charge in [0, 0.05) is 6.04 Å². The lowest BCUT2D eigenvalue weighted by Crippen LogP contribution is -2.58. The maximum absolute atomic E-state index is 9.59. The summed E-state index contributed by atoms with van der Waals surface area (Å²) in [6, 6.07) is 0.315. The summed E-state index contributed by atoms with van der Waals surface area (Å²) >= 11 is 0. The topological polar surface area (TPSA) is 52.5 Å². The van der Waals surface area contributed by atoms with Crippen molar-refractivity contribution in [2.75, 3.05) is 0 Å². The van der Waals surface area contributed by atoms with Crippen molar-refractivity contribution in [1.82, 2.24) is 5.09 Å². The van der Waals surface area contributed by atoms with Gasteiger partial charge >= 0.3 is 0 Å². The molecule has 22 heavy (non-hydrogen) atoms. The fraction of sp³-hybridized carbons (Fsp3) is 1.00. The zero-order valence-corrected chi connectivity index (χ0v) is 15.4. The molecular formula is C18H34NO2P. The largest absolute Gasteiger partial charge is 0.338 e. The molecule has 3 rings (SSSR count). The summed E-state index contributed by atoms with van der Waals surface area (Å²) in [6.45, 7) is 7.31. The first-order valence-corrected chi connectivity index (χ1v) is 10.7. The van der Waals surface area contributed by atoms with Gasteiger partial charge in [-0.2, -0.15) is 0 Å². The van der Waals surface area contributed by atoms with Gasteiger partial charge in [-0.25, -0.2) is 5.09 Å². The van der Waals surface area contributed by atoms with E-state index in [2.05, 4.69) is 25.9 Å². The Morgan fingerprint density at radius 1 is 1.18 bits per heavy atom. The highest BCUT2D eigenvalue weighted by Crippen LogP contribution is 2.61. The second-order valence-electron chi connectivity index (χ2n) is 8.52. The van der Waals surface area contributed by atoms with Gasteiger partial charge < -0.3 is 9.79 Å². The molecule has 0 aromatic carbocycles. The van der Waals surface area contributed by atoms with Crippen LogP contribution in [0.2, 0.25) is 0 Å². The maximum Gasteiger partial charge on any atom is 0.250 e. The number of nitrogens with one attached hydrogen (secondary N) is 1. The number of rotatable bonds is 3. The van der Waals surface area contributed by atoms with Crippen LogP contribution >= 0.6 is 8.53 Å². The highest BCUT2D eigenvalue weighted by Gasteiger charge is 2.56. The van der Waals surface area contributed by atoms with Crippen LogP contribution in [0.5, 0.6) is 0 Å². The average molecular weight is 327 g/mol. The second-order valence-corrected chi connectivity index (χ2v) is 9.36. The van der Waals surface area contributed by atoms with E-state index < -0.39 is 8.53 Å². The summed E-state index contributed by atoms with van der Waals surface area (Å²) in [5.74, 6) is 3.72. The van der Waals surface area contributed by atoms with Crippen molar-refractivity contribution in [3.05, 3.63) is 0 Å². The summed E-state index contributed by atoms with van der Waals surface area (Å²) in [4.78, 5) is 19.2. The molecule has 5 unspecified atom stereocenters. The zero-order chi connectivity index (χ0) is 15.9. The molecule has 0 bridgehead atoms. The fourth-order valence-corrected chi connectivity index (χ4v) is 7.18. The van der Waals surface area contributed by atoms with Crippen LogP contribution in [-0.2, 0) is 0 Å². The summed E-state index contributed by atoms with van der Waals surface area (Å²) in [6.07, 6.45) is 10.6. The highest BCUT2D eigenvalue weighted by atomic mass is 31.2. The first-order chi connectivity index (χ1) is 10.5. The molecule has 0 aromatic heterocycles. The van der Waals surface area contributed by atoms with E-state index in [9.17, 15) is 9.79 Å². The van der Waals surface area contributed by atoms with E-state index in [4.69, 9.17) is 0 Å². The van der Waals surface area contributed by atoms with Crippen molar-refractivity contribution in [3.8, 4) is 0 Å². The van der Waals surface area contributed by atoms with E-state index in [1.165, 1.54) is 44.9 Å². The van der Waals surface area contributed by atoms with Gasteiger partial charge in [0.2, 0.25) is 0 Å². The van der Waals surface area contributed by atoms with Crippen molar-refractivity contribution < 1.29 is 9.79 Å². The van der Waals surface area contributed by atoms with Gasteiger partial charge in [-0.05, 0) is 60.7 Å². The van der Waals surface area contributed by atoms with Gasteiger partial charge in [0.05, 0.1) is 0 Å². The molecule has 3 nitrogen and oxygen atoms in total. The third-order valence-corrected chi connectivity index (χ3v) is 8.24. The Morgan fingerprint density at radius 3 is 2.64 bits per heavy atom. The van der Waals surface area contributed by atoms with E-state index in [1.807, 2.05) is 0 Å². The first kappa shape index (κ1) is 17.1. The molecular weight excluding hydrogens is 293 g/mol. The van der Waals surface area contributed by atoms with Crippen LogP contribution < -0.4 is 5.09 Å². The molecule has 3 aliphatic carbocycles. The van der Waals surface area contributed by atoms with Gasteiger partial charge in [-0.1, -0.05) is 46.5 Å². The smallest absolute Gasteiger partial charge is 0.250 e. The Kier molecular flexibility index (Phi) is 5.20. The Morgan fingerprint density at radius 2 is 1.95 bits per heavy atom. The molecule has 0 aliphatic heterocycles. The molecule has 3 saturated carbocycles. The molecule has 0 spiro atoms. The highest BCUT2D eigenvalue weighted by molar-refractivity contribution is 7.42. The van der Waals surface area contributed by atoms with Crippen LogP contribution in [0.15, 0.2) is 0 Å². The first-order valence-electron chi connectivity index (χ1n) is 9.41. The van der Waals surface area contributed by atoms with Gasteiger partial charge in [-0.15, -0.1) is 0 Å². The molecule has 4 heteroatoms. The Bertz CT molecular complexity index is 391. The molecule has 3 N–H and O–H groups in total. The van der Waals surface area contributed by atoms with E-state index in [-0.39, 0.29) is 0 Å². The fourth-order valence-electron chi connectivity index (χ4n) is 6.61. The Hall–Kier alpha value is 0.310. The maximum atomic E-state index is 9.59. The lowest BCUT2D eigenvalue weighted by molar-refractivity contribution is -0.101. The van der Waals surface area contributed by atoms with Crippen LogP contribution in [-0.4, -0.2) is 15.8 Å². The zero-order valence-electron chi connectivity index (χ0n) is 14.5. The third kappa shape index (κ3) is 2.88. The molecule has 3 aliphatic rings. The quantitative estimate of drug-likeness (QED) is 0.672. The Balaban J connectivity index is 1.92. The third-order valence-electron chi connectivity index (χ3n) is 7.68. The SMILES string of the molecule is CCC1C(C)CCC2[C@H]1C(NP(O)O)CC1CCCC[C@@]12C. The predicted octanol–water partition coefficient (Wildman–Crippen LogP) is 4.44. The van der Waals surface area contributed by atoms with Crippen molar-refractivity contribution in [2.45, 2.75) is 78.2 Å². The molecule has 3 fully saturated rings. The lowest BCUT2D eigenvalue weighted by atomic mass is 9.46. The monoisotopic (exact) mass is 327 g/mol. The minimum Gasteiger partial charge on any atom is -0.338 e. The summed E-state index contributed by atoms with van der Waals surface area (Å²) in [7, 11) is -1.99. The normalized spacial score (nSPS) is 48.8. The van der Waals surface area contributed by atoms with E-state index in [1.54, 1.807) is 0 Å². The minimum absolute atomic E-state index is 0.315. The van der Waals surface area contributed by atoms with E-state index in [0.717, 1.165) is 30.1 Å². The molecule has 128 valence electrons. The van der Waals surface area contributed by atoms with Crippen LogP contribution in [0.1, 0.15) is 72.1 Å². The van der Waals surface area contributed by atoms with Crippen molar-refractivity contribution in [1.29, 1.82) is 0 Å². The minimum atomic E-state index is -1.99. The van der Waals surface area contributed by atoms with E-state index in [0.29, 0.717) is 17.4 Å². The molecule has 0 radical (unpaired) electrons. The number of hydrogen-bond acceptors (Lipinski definition) is 3. The predicted molar refractivity (Wildman–Crippen MR) is 92.1 cm³/mol. The van der Waals surface area contributed by atoms with E-state index >= 15 is 0 Å². The van der Waals surface area contributed by atoms with Gasteiger partial charge in [0.25, 0.3) is 8.53 Å². The summed E-state index contributed by atoms with van der Waals surface area (Å²) in [5, 5.41) is 3.19. The van der Waals surface area contributed by atoms with Crippen LogP contribution in [0, 0.1) is 35.0 Å². The molecule has 7 atom stereocenters. The molecule has 0 amide bonds. The summed E-state index contributed by atoms with van der Waals surface area (Å²) in [5.41, 5.74) is 0.502. The average Bonchev–Trinajstić information content (AvgIpc) is 2.47. The van der Waals surface area contributed by atoms with Crippen molar-refractivity contribution in [3.63, 3.8) is 0 Å².